The molecule has 1 saturated heterocycles. The Balaban J connectivity index is 2.25. The molecule has 1 fully saturated rings. The number of nitrogens with one attached hydrogen (secondary N) is 1. The summed E-state index contributed by atoms with van der Waals surface area (Å²) in [5, 5.41) is 13.6. The summed E-state index contributed by atoms with van der Waals surface area (Å²) in [6.07, 6.45) is 1.75. The summed E-state index contributed by atoms with van der Waals surface area (Å²) >= 11 is 0. The fourth-order valence-electron chi connectivity index (χ4n) is 2.00. The number of likely N-dealkylation sites (N-methyl/N-ethyl adjacent to an activating group) is 2. The Morgan fingerprint density at radius 1 is 1.13 bits per heavy atom. The van der Waals surface area contributed by atoms with Crippen molar-refractivity contribution in [3.63, 3.8) is 0 Å². The zero-order chi connectivity index (χ0) is 11.3. The van der Waals surface area contributed by atoms with Crippen LogP contribution in [0.3, 0.4) is 0 Å². The van der Waals surface area contributed by atoms with E-state index in [2.05, 4.69) is 36.3 Å². The third-order valence-corrected chi connectivity index (χ3v) is 3.03. The monoisotopic (exact) mass is 215 g/mol. The normalized spacial score (nSPS) is 21.2. The molecule has 1 aliphatic rings. The maximum atomic E-state index is 10.3. The number of piperidine rings is 1. The van der Waals surface area contributed by atoms with E-state index in [-0.39, 0.29) is 0 Å². The van der Waals surface area contributed by atoms with Crippen LogP contribution >= 0.6 is 0 Å². The van der Waals surface area contributed by atoms with E-state index in [1.807, 2.05) is 0 Å². The van der Waals surface area contributed by atoms with Crippen LogP contribution in [0.15, 0.2) is 0 Å². The second-order valence-electron chi connectivity index (χ2n) is 5.02. The van der Waals surface area contributed by atoms with E-state index < -0.39 is 5.60 Å². The quantitative estimate of drug-likeness (QED) is 0.654. The molecule has 0 unspecified atom stereocenters. The van der Waals surface area contributed by atoms with Gasteiger partial charge in [-0.1, -0.05) is 0 Å². The smallest absolute Gasteiger partial charge is 0.0798 e. The van der Waals surface area contributed by atoms with Crippen molar-refractivity contribution in [1.82, 2.24) is 15.1 Å². The molecule has 1 rings (SSSR count). The van der Waals surface area contributed by atoms with E-state index in [4.69, 9.17) is 0 Å². The molecule has 15 heavy (non-hydrogen) atoms. The van der Waals surface area contributed by atoms with Gasteiger partial charge in [0, 0.05) is 19.6 Å². The fraction of sp³-hybridized carbons (Fsp3) is 1.00. The first-order valence-corrected chi connectivity index (χ1v) is 5.78. The lowest BCUT2D eigenvalue weighted by Gasteiger charge is -2.36. The SMILES string of the molecule is CN(C)CCN(C)CC1(O)CCNCC1. The molecular weight excluding hydrogens is 190 g/mol. The summed E-state index contributed by atoms with van der Waals surface area (Å²) in [7, 11) is 6.24. The van der Waals surface area contributed by atoms with Gasteiger partial charge in [-0.2, -0.15) is 0 Å². The lowest BCUT2D eigenvalue weighted by molar-refractivity contribution is -0.0160. The molecule has 0 aromatic carbocycles. The third-order valence-electron chi connectivity index (χ3n) is 3.03. The second-order valence-corrected chi connectivity index (χ2v) is 5.02. The van der Waals surface area contributed by atoms with Crippen LogP contribution in [-0.2, 0) is 0 Å². The number of hydrogen-bond donors (Lipinski definition) is 2. The Labute approximate surface area is 93.2 Å². The number of nitrogens with zero attached hydrogens (tertiary/aromatic N) is 2. The van der Waals surface area contributed by atoms with Crippen molar-refractivity contribution in [2.45, 2.75) is 18.4 Å². The average Bonchev–Trinajstić information content (AvgIpc) is 2.15. The van der Waals surface area contributed by atoms with E-state index in [0.717, 1.165) is 45.6 Å². The zero-order valence-electron chi connectivity index (χ0n) is 10.3. The predicted molar refractivity (Wildman–Crippen MR) is 63.1 cm³/mol. The Hall–Kier alpha value is -0.160. The van der Waals surface area contributed by atoms with E-state index in [1.165, 1.54) is 0 Å². The van der Waals surface area contributed by atoms with Gasteiger partial charge in [0.05, 0.1) is 5.60 Å². The van der Waals surface area contributed by atoms with Crippen LogP contribution < -0.4 is 5.32 Å². The van der Waals surface area contributed by atoms with Crippen LogP contribution in [0.25, 0.3) is 0 Å². The minimum atomic E-state index is -0.466. The van der Waals surface area contributed by atoms with Crippen LogP contribution in [0, 0.1) is 0 Å². The zero-order valence-corrected chi connectivity index (χ0v) is 10.3. The van der Waals surface area contributed by atoms with Crippen molar-refractivity contribution in [2.75, 3.05) is 53.9 Å². The van der Waals surface area contributed by atoms with Crippen LogP contribution in [0.4, 0.5) is 0 Å². The molecule has 4 nitrogen and oxygen atoms in total. The Bertz CT molecular complexity index is 179. The molecule has 0 atom stereocenters. The van der Waals surface area contributed by atoms with E-state index in [9.17, 15) is 5.11 Å². The van der Waals surface area contributed by atoms with Crippen LogP contribution in [0.1, 0.15) is 12.8 Å². The molecule has 90 valence electrons. The van der Waals surface area contributed by atoms with Gasteiger partial charge < -0.3 is 20.2 Å². The molecule has 0 bridgehead atoms. The Kier molecular flexibility index (Phi) is 4.99. The van der Waals surface area contributed by atoms with Gasteiger partial charge in [-0.25, -0.2) is 0 Å². The van der Waals surface area contributed by atoms with Gasteiger partial charge in [0.1, 0.15) is 0 Å². The molecule has 2 N–H and O–H groups in total. The highest BCUT2D eigenvalue weighted by atomic mass is 16.3. The van der Waals surface area contributed by atoms with Crippen LogP contribution in [0.2, 0.25) is 0 Å². The van der Waals surface area contributed by atoms with Crippen LogP contribution in [-0.4, -0.2) is 74.4 Å². The summed E-state index contributed by atoms with van der Waals surface area (Å²) in [6.45, 7) is 4.74. The molecule has 0 aromatic heterocycles. The minimum absolute atomic E-state index is 0.466. The molecule has 0 amide bonds. The first kappa shape index (κ1) is 12.9. The first-order chi connectivity index (χ1) is 7.02. The summed E-state index contributed by atoms with van der Waals surface area (Å²) in [4.78, 5) is 4.40. The van der Waals surface area contributed by atoms with E-state index in [0.29, 0.717) is 0 Å². The van der Waals surface area contributed by atoms with Gasteiger partial charge in [-0.3, -0.25) is 0 Å². The molecular formula is C11H25N3O. The number of hydrogen-bond acceptors (Lipinski definition) is 4. The Morgan fingerprint density at radius 2 is 1.73 bits per heavy atom. The highest BCUT2D eigenvalue weighted by Crippen LogP contribution is 2.18. The van der Waals surface area contributed by atoms with Crippen molar-refractivity contribution < 1.29 is 5.11 Å². The average molecular weight is 215 g/mol. The molecule has 1 aliphatic heterocycles. The molecule has 4 heteroatoms. The minimum Gasteiger partial charge on any atom is -0.388 e. The fourth-order valence-corrected chi connectivity index (χ4v) is 2.00. The maximum absolute atomic E-state index is 10.3. The largest absolute Gasteiger partial charge is 0.388 e. The third kappa shape index (κ3) is 4.93. The van der Waals surface area contributed by atoms with Crippen molar-refractivity contribution in [2.24, 2.45) is 0 Å². The highest BCUT2D eigenvalue weighted by molar-refractivity contribution is 4.86. The lowest BCUT2D eigenvalue weighted by Crippen LogP contribution is -2.49. The predicted octanol–water partition coefficient (Wildman–Crippen LogP) is -0.406. The summed E-state index contributed by atoms with van der Waals surface area (Å²) in [5.74, 6) is 0. The molecule has 0 spiro atoms. The highest BCUT2D eigenvalue weighted by Gasteiger charge is 2.29. The first-order valence-electron chi connectivity index (χ1n) is 5.78. The van der Waals surface area contributed by atoms with E-state index in [1.54, 1.807) is 0 Å². The standard InChI is InChI=1S/C11H25N3O/c1-13(2)8-9-14(3)10-11(15)4-6-12-7-5-11/h12,15H,4-10H2,1-3H3. The summed E-state index contributed by atoms with van der Waals surface area (Å²) < 4.78 is 0. The number of rotatable bonds is 5. The van der Waals surface area contributed by atoms with Gasteiger partial charge in [0.2, 0.25) is 0 Å². The number of aliphatic hydroxyl groups is 1. The van der Waals surface area contributed by atoms with Crippen molar-refractivity contribution >= 4 is 0 Å². The van der Waals surface area contributed by atoms with Gasteiger partial charge in [0.25, 0.3) is 0 Å². The second kappa shape index (κ2) is 5.80. The molecule has 0 saturated carbocycles. The van der Waals surface area contributed by atoms with Gasteiger partial charge in [-0.05, 0) is 47.1 Å². The van der Waals surface area contributed by atoms with Crippen molar-refractivity contribution in [3.8, 4) is 0 Å². The van der Waals surface area contributed by atoms with Gasteiger partial charge >= 0.3 is 0 Å². The molecule has 0 aliphatic carbocycles. The topological polar surface area (TPSA) is 38.7 Å². The van der Waals surface area contributed by atoms with E-state index >= 15 is 0 Å². The maximum Gasteiger partial charge on any atom is 0.0798 e. The Morgan fingerprint density at radius 3 is 2.27 bits per heavy atom. The van der Waals surface area contributed by atoms with Gasteiger partial charge in [0.15, 0.2) is 0 Å². The molecule has 0 aromatic rings. The summed E-state index contributed by atoms with van der Waals surface area (Å²) in [6, 6.07) is 0. The lowest BCUT2D eigenvalue weighted by atomic mass is 9.92. The molecule has 0 radical (unpaired) electrons. The molecule has 1 heterocycles. The van der Waals surface area contributed by atoms with Crippen molar-refractivity contribution in [3.05, 3.63) is 0 Å². The summed E-state index contributed by atoms with van der Waals surface area (Å²) in [5.41, 5.74) is -0.466. The van der Waals surface area contributed by atoms with Crippen molar-refractivity contribution in [1.29, 1.82) is 0 Å². The van der Waals surface area contributed by atoms with Crippen LogP contribution in [0.5, 0.6) is 0 Å². The van der Waals surface area contributed by atoms with Gasteiger partial charge in [-0.15, -0.1) is 0 Å².